The van der Waals surface area contributed by atoms with E-state index in [1.807, 2.05) is 12.1 Å². The van der Waals surface area contributed by atoms with Crippen LogP contribution in [0, 0.1) is 5.92 Å². The minimum atomic E-state index is 0.744. The van der Waals surface area contributed by atoms with E-state index < -0.39 is 0 Å². The summed E-state index contributed by atoms with van der Waals surface area (Å²) < 4.78 is 0. The Balaban J connectivity index is 2.71. The topological polar surface area (TPSA) is 29.3 Å². The molecule has 0 aliphatic carbocycles. The average Bonchev–Trinajstić information content (AvgIpc) is 2.29. The third-order valence-corrected chi connectivity index (χ3v) is 3.04. The van der Waals surface area contributed by atoms with E-state index in [1.165, 1.54) is 24.9 Å². The number of nitrogens with zero attached hydrogens (tertiary/aromatic N) is 1. The minimum absolute atomic E-state index is 0.744. The summed E-state index contributed by atoms with van der Waals surface area (Å²) in [7, 11) is 0. The molecule has 0 bridgehead atoms. The standard InChI is InChI=1S/C15H26N2/c1-4-7-13(3)12-17(10-5-2)15-9-6-8-14(16)11-15/h6,8-9,11,13H,4-5,7,10,12,16H2,1-3H3. The van der Waals surface area contributed by atoms with Gasteiger partial charge in [0.15, 0.2) is 0 Å². The van der Waals surface area contributed by atoms with Gasteiger partial charge in [-0.3, -0.25) is 0 Å². The number of hydrogen-bond donors (Lipinski definition) is 1. The van der Waals surface area contributed by atoms with Gasteiger partial charge in [-0.1, -0.05) is 33.3 Å². The van der Waals surface area contributed by atoms with Gasteiger partial charge >= 0.3 is 0 Å². The predicted molar refractivity (Wildman–Crippen MR) is 77.4 cm³/mol. The van der Waals surface area contributed by atoms with E-state index in [-0.39, 0.29) is 0 Å². The molecule has 2 heteroatoms. The highest BCUT2D eigenvalue weighted by atomic mass is 15.1. The number of nitrogens with two attached hydrogens (primary N) is 1. The molecule has 1 aromatic carbocycles. The summed E-state index contributed by atoms with van der Waals surface area (Å²) in [5, 5.41) is 0. The van der Waals surface area contributed by atoms with Crippen LogP contribution in [0.3, 0.4) is 0 Å². The third-order valence-electron chi connectivity index (χ3n) is 3.04. The lowest BCUT2D eigenvalue weighted by molar-refractivity contribution is 0.510. The van der Waals surface area contributed by atoms with Crippen LogP contribution in [0.4, 0.5) is 11.4 Å². The number of hydrogen-bond acceptors (Lipinski definition) is 2. The second kappa shape index (κ2) is 7.21. The van der Waals surface area contributed by atoms with Gasteiger partial charge < -0.3 is 10.6 Å². The number of anilines is 2. The van der Waals surface area contributed by atoms with Crippen LogP contribution in [0.1, 0.15) is 40.0 Å². The molecular formula is C15H26N2. The molecular weight excluding hydrogens is 208 g/mol. The van der Waals surface area contributed by atoms with Crippen LogP contribution in [0.15, 0.2) is 24.3 Å². The van der Waals surface area contributed by atoms with Crippen molar-refractivity contribution in [1.29, 1.82) is 0 Å². The minimum Gasteiger partial charge on any atom is -0.399 e. The highest BCUT2D eigenvalue weighted by Crippen LogP contribution is 2.20. The number of nitrogen functional groups attached to an aromatic ring is 1. The van der Waals surface area contributed by atoms with Crippen molar-refractivity contribution in [3.8, 4) is 0 Å². The first-order valence-corrected chi connectivity index (χ1v) is 6.77. The van der Waals surface area contributed by atoms with Crippen LogP contribution in [0.25, 0.3) is 0 Å². The zero-order valence-corrected chi connectivity index (χ0v) is 11.4. The summed E-state index contributed by atoms with van der Waals surface area (Å²) in [6.45, 7) is 9.05. The number of rotatable bonds is 7. The van der Waals surface area contributed by atoms with Crippen molar-refractivity contribution < 1.29 is 0 Å². The fourth-order valence-corrected chi connectivity index (χ4v) is 2.28. The smallest absolute Gasteiger partial charge is 0.0386 e. The zero-order valence-electron chi connectivity index (χ0n) is 11.4. The van der Waals surface area contributed by atoms with Crippen LogP contribution < -0.4 is 10.6 Å². The van der Waals surface area contributed by atoms with Gasteiger partial charge in [-0.15, -0.1) is 0 Å². The normalized spacial score (nSPS) is 12.4. The van der Waals surface area contributed by atoms with Gasteiger partial charge in [-0.2, -0.15) is 0 Å². The van der Waals surface area contributed by atoms with Gasteiger partial charge in [-0.25, -0.2) is 0 Å². The van der Waals surface area contributed by atoms with Crippen molar-refractivity contribution in [3.63, 3.8) is 0 Å². The molecule has 1 atom stereocenters. The van der Waals surface area contributed by atoms with Gasteiger partial charge in [0.05, 0.1) is 0 Å². The van der Waals surface area contributed by atoms with E-state index in [0.717, 1.165) is 24.7 Å². The maximum Gasteiger partial charge on any atom is 0.0386 e. The van der Waals surface area contributed by atoms with Crippen molar-refractivity contribution in [3.05, 3.63) is 24.3 Å². The van der Waals surface area contributed by atoms with Gasteiger partial charge in [0.25, 0.3) is 0 Å². The fraction of sp³-hybridized carbons (Fsp3) is 0.600. The lowest BCUT2D eigenvalue weighted by atomic mass is 10.1. The molecule has 2 nitrogen and oxygen atoms in total. The van der Waals surface area contributed by atoms with E-state index >= 15 is 0 Å². The lowest BCUT2D eigenvalue weighted by Crippen LogP contribution is -2.29. The van der Waals surface area contributed by atoms with Crippen LogP contribution in [0.2, 0.25) is 0 Å². The second-order valence-electron chi connectivity index (χ2n) is 4.93. The Morgan fingerprint density at radius 2 is 2.00 bits per heavy atom. The Labute approximate surface area is 106 Å². The average molecular weight is 234 g/mol. The summed E-state index contributed by atoms with van der Waals surface area (Å²) in [5.41, 5.74) is 7.97. The fourth-order valence-electron chi connectivity index (χ4n) is 2.28. The summed E-state index contributed by atoms with van der Waals surface area (Å²) in [6, 6.07) is 8.22. The molecule has 96 valence electrons. The van der Waals surface area contributed by atoms with E-state index in [1.54, 1.807) is 0 Å². The molecule has 0 aliphatic rings. The molecule has 0 heterocycles. The number of benzene rings is 1. The van der Waals surface area contributed by atoms with Crippen molar-refractivity contribution >= 4 is 11.4 Å². The van der Waals surface area contributed by atoms with Gasteiger partial charge in [-0.05, 0) is 37.0 Å². The molecule has 0 fully saturated rings. The van der Waals surface area contributed by atoms with E-state index in [0.29, 0.717) is 0 Å². The maximum atomic E-state index is 5.86. The Hall–Kier alpha value is -1.18. The van der Waals surface area contributed by atoms with Crippen molar-refractivity contribution in [2.24, 2.45) is 5.92 Å². The predicted octanol–water partition coefficient (Wildman–Crippen LogP) is 3.92. The second-order valence-corrected chi connectivity index (χ2v) is 4.93. The monoisotopic (exact) mass is 234 g/mol. The summed E-state index contributed by atoms with van der Waals surface area (Å²) in [5.74, 6) is 0.744. The molecule has 17 heavy (non-hydrogen) atoms. The molecule has 2 N–H and O–H groups in total. The largest absolute Gasteiger partial charge is 0.399 e. The van der Waals surface area contributed by atoms with E-state index in [4.69, 9.17) is 5.73 Å². The van der Waals surface area contributed by atoms with E-state index in [2.05, 4.69) is 37.8 Å². The van der Waals surface area contributed by atoms with Gasteiger partial charge in [0.1, 0.15) is 0 Å². The summed E-state index contributed by atoms with van der Waals surface area (Å²) in [6.07, 6.45) is 3.73. The molecule has 0 amide bonds. The summed E-state index contributed by atoms with van der Waals surface area (Å²) >= 11 is 0. The highest BCUT2D eigenvalue weighted by molar-refractivity contribution is 5.55. The summed E-state index contributed by atoms with van der Waals surface area (Å²) in [4.78, 5) is 2.46. The molecule has 0 spiro atoms. The Kier molecular flexibility index (Phi) is 5.88. The van der Waals surface area contributed by atoms with Crippen LogP contribution >= 0.6 is 0 Å². The van der Waals surface area contributed by atoms with E-state index in [9.17, 15) is 0 Å². The Morgan fingerprint density at radius 3 is 2.59 bits per heavy atom. The van der Waals surface area contributed by atoms with Crippen molar-refractivity contribution in [2.45, 2.75) is 40.0 Å². The van der Waals surface area contributed by atoms with Crippen molar-refractivity contribution in [1.82, 2.24) is 0 Å². The molecule has 1 aromatic rings. The first kappa shape index (κ1) is 13.9. The maximum absolute atomic E-state index is 5.86. The van der Waals surface area contributed by atoms with Crippen LogP contribution in [-0.4, -0.2) is 13.1 Å². The quantitative estimate of drug-likeness (QED) is 0.724. The first-order chi connectivity index (χ1) is 8.17. The van der Waals surface area contributed by atoms with Gasteiger partial charge in [0.2, 0.25) is 0 Å². The lowest BCUT2D eigenvalue weighted by Gasteiger charge is -2.27. The highest BCUT2D eigenvalue weighted by Gasteiger charge is 2.10. The molecule has 1 unspecified atom stereocenters. The molecule has 0 aromatic heterocycles. The van der Waals surface area contributed by atoms with Crippen LogP contribution in [0.5, 0.6) is 0 Å². The van der Waals surface area contributed by atoms with Crippen LogP contribution in [-0.2, 0) is 0 Å². The molecule has 0 aliphatic heterocycles. The molecule has 0 radical (unpaired) electrons. The zero-order chi connectivity index (χ0) is 12.7. The SMILES string of the molecule is CCCC(C)CN(CCC)c1cccc(N)c1. The van der Waals surface area contributed by atoms with Gasteiger partial charge in [0, 0.05) is 24.5 Å². The third kappa shape index (κ3) is 4.68. The van der Waals surface area contributed by atoms with Crippen molar-refractivity contribution in [2.75, 3.05) is 23.7 Å². The Morgan fingerprint density at radius 1 is 1.24 bits per heavy atom. The first-order valence-electron chi connectivity index (χ1n) is 6.77. The molecule has 0 saturated heterocycles. The molecule has 0 saturated carbocycles. The Bertz CT molecular complexity index is 322. The molecule has 1 rings (SSSR count).